The molecule has 2 aromatic rings. The van der Waals surface area contributed by atoms with E-state index >= 15 is 0 Å². The Labute approximate surface area is 136 Å². The highest BCUT2D eigenvalue weighted by Gasteiger charge is 2.12. The summed E-state index contributed by atoms with van der Waals surface area (Å²) in [5.74, 6) is 0. The first-order valence-electron chi connectivity index (χ1n) is 7.67. The van der Waals surface area contributed by atoms with Gasteiger partial charge in [-0.15, -0.1) is 0 Å². The Balaban J connectivity index is 2.26. The van der Waals surface area contributed by atoms with Crippen LogP contribution in [0.4, 0.5) is 5.69 Å². The molecular weight excluding hydrogens is 322 g/mol. The number of aryl methyl sites for hydroxylation is 3. The van der Waals surface area contributed by atoms with Gasteiger partial charge in [-0.25, -0.2) is 0 Å². The molecule has 2 heteroatoms. The average molecular weight is 346 g/mol. The second-order valence-electron chi connectivity index (χ2n) is 5.61. The SMILES string of the molecule is CCc1ccc(C(CC)Nc2c(C)cc(Br)cc2C)cc1. The number of halogens is 1. The number of hydrogen-bond donors (Lipinski definition) is 1. The molecule has 0 aromatic heterocycles. The van der Waals surface area contributed by atoms with Crippen molar-refractivity contribution in [3.8, 4) is 0 Å². The summed E-state index contributed by atoms with van der Waals surface area (Å²) in [4.78, 5) is 0. The molecule has 0 aliphatic rings. The van der Waals surface area contributed by atoms with Crippen molar-refractivity contribution in [1.82, 2.24) is 0 Å². The predicted molar refractivity (Wildman–Crippen MR) is 96.1 cm³/mol. The standard InChI is InChI=1S/C19H24BrN/c1-5-15-7-9-16(10-8-15)18(6-2)21-19-13(3)11-17(20)12-14(19)4/h7-12,18,21H,5-6H2,1-4H3. The lowest BCUT2D eigenvalue weighted by molar-refractivity contribution is 0.747. The summed E-state index contributed by atoms with van der Waals surface area (Å²) in [6.45, 7) is 8.74. The summed E-state index contributed by atoms with van der Waals surface area (Å²) in [7, 11) is 0. The van der Waals surface area contributed by atoms with Gasteiger partial charge in [0.05, 0.1) is 6.04 Å². The Hall–Kier alpha value is -1.28. The van der Waals surface area contributed by atoms with Crippen LogP contribution in [0.15, 0.2) is 40.9 Å². The molecule has 1 atom stereocenters. The topological polar surface area (TPSA) is 12.0 Å². The molecule has 21 heavy (non-hydrogen) atoms. The Kier molecular flexibility index (Phi) is 5.46. The molecular formula is C19H24BrN. The second-order valence-corrected chi connectivity index (χ2v) is 6.53. The van der Waals surface area contributed by atoms with Gasteiger partial charge in [-0.2, -0.15) is 0 Å². The third-order valence-electron chi connectivity index (χ3n) is 4.01. The van der Waals surface area contributed by atoms with Gasteiger partial charge in [0.15, 0.2) is 0 Å². The third kappa shape index (κ3) is 3.88. The number of rotatable bonds is 5. The van der Waals surface area contributed by atoms with E-state index in [2.05, 4.69) is 85.3 Å². The Morgan fingerprint density at radius 1 is 1.00 bits per heavy atom. The van der Waals surface area contributed by atoms with Crippen molar-refractivity contribution in [3.05, 3.63) is 63.1 Å². The van der Waals surface area contributed by atoms with Crippen molar-refractivity contribution in [3.63, 3.8) is 0 Å². The highest BCUT2D eigenvalue weighted by molar-refractivity contribution is 9.10. The average Bonchev–Trinajstić information content (AvgIpc) is 2.47. The van der Waals surface area contributed by atoms with E-state index < -0.39 is 0 Å². The molecule has 1 nitrogen and oxygen atoms in total. The molecule has 0 radical (unpaired) electrons. The van der Waals surface area contributed by atoms with Crippen LogP contribution >= 0.6 is 15.9 Å². The van der Waals surface area contributed by atoms with Crippen molar-refractivity contribution in [2.45, 2.75) is 46.6 Å². The van der Waals surface area contributed by atoms with Gasteiger partial charge in [-0.1, -0.05) is 54.0 Å². The Bertz CT molecular complexity index is 578. The first-order chi connectivity index (χ1) is 10.0. The Morgan fingerprint density at radius 3 is 2.05 bits per heavy atom. The summed E-state index contributed by atoms with van der Waals surface area (Å²) < 4.78 is 1.14. The van der Waals surface area contributed by atoms with Crippen LogP contribution < -0.4 is 5.32 Å². The molecule has 0 fully saturated rings. The van der Waals surface area contributed by atoms with Crippen molar-refractivity contribution in [1.29, 1.82) is 0 Å². The molecule has 0 bridgehead atoms. The van der Waals surface area contributed by atoms with Crippen LogP contribution in [0.1, 0.15) is 48.6 Å². The van der Waals surface area contributed by atoms with Crippen molar-refractivity contribution < 1.29 is 0 Å². The monoisotopic (exact) mass is 345 g/mol. The lowest BCUT2D eigenvalue weighted by atomic mass is 10.00. The van der Waals surface area contributed by atoms with E-state index in [1.807, 2.05) is 0 Å². The normalized spacial score (nSPS) is 12.2. The van der Waals surface area contributed by atoms with E-state index in [-0.39, 0.29) is 0 Å². The molecule has 0 aliphatic carbocycles. The largest absolute Gasteiger partial charge is 0.378 e. The first-order valence-corrected chi connectivity index (χ1v) is 8.46. The van der Waals surface area contributed by atoms with Crippen LogP contribution in [0.2, 0.25) is 0 Å². The van der Waals surface area contributed by atoms with Crippen LogP contribution in [0.25, 0.3) is 0 Å². The number of hydrogen-bond acceptors (Lipinski definition) is 1. The molecule has 0 aliphatic heterocycles. The van der Waals surface area contributed by atoms with Gasteiger partial charge in [-0.05, 0) is 61.1 Å². The molecule has 1 unspecified atom stereocenters. The lowest BCUT2D eigenvalue weighted by Gasteiger charge is -2.22. The van der Waals surface area contributed by atoms with E-state index in [9.17, 15) is 0 Å². The minimum atomic E-state index is 0.356. The van der Waals surface area contributed by atoms with Crippen LogP contribution in [-0.2, 0) is 6.42 Å². The maximum absolute atomic E-state index is 3.73. The molecule has 0 amide bonds. The molecule has 0 saturated carbocycles. The number of anilines is 1. The number of nitrogens with one attached hydrogen (secondary N) is 1. The quantitative estimate of drug-likeness (QED) is 0.680. The smallest absolute Gasteiger partial charge is 0.0511 e. The van der Waals surface area contributed by atoms with Gasteiger partial charge in [0.25, 0.3) is 0 Å². The van der Waals surface area contributed by atoms with Crippen molar-refractivity contribution in [2.24, 2.45) is 0 Å². The zero-order chi connectivity index (χ0) is 15.4. The third-order valence-corrected chi connectivity index (χ3v) is 4.47. The zero-order valence-electron chi connectivity index (χ0n) is 13.3. The van der Waals surface area contributed by atoms with E-state index in [1.165, 1.54) is 27.9 Å². The maximum Gasteiger partial charge on any atom is 0.0511 e. The highest BCUT2D eigenvalue weighted by Crippen LogP contribution is 2.30. The van der Waals surface area contributed by atoms with Gasteiger partial charge in [0.2, 0.25) is 0 Å². The van der Waals surface area contributed by atoms with E-state index in [1.54, 1.807) is 0 Å². The zero-order valence-corrected chi connectivity index (χ0v) is 14.9. The summed E-state index contributed by atoms with van der Waals surface area (Å²) in [6, 6.07) is 13.7. The minimum Gasteiger partial charge on any atom is -0.378 e. The van der Waals surface area contributed by atoms with Gasteiger partial charge >= 0.3 is 0 Å². The minimum absolute atomic E-state index is 0.356. The fourth-order valence-corrected chi connectivity index (χ4v) is 3.41. The van der Waals surface area contributed by atoms with Crippen LogP contribution in [0.3, 0.4) is 0 Å². The lowest BCUT2D eigenvalue weighted by Crippen LogP contribution is -2.11. The first kappa shape index (κ1) is 16.1. The van der Waals surface area contributed by atoms with Gasteiger partial charge < -0.3 is 5.32 Å². The molecule has 2 rings (SSSR count). The van der Waals surface area contributed by atoms with Gasteiger partial charge in [-0.3, -0.25) is 0 Å². The molecule has 0 spiro atoms. The Morgan fingerprint density at radius 2 is 1.57 bits per heavy atom. The molecule has 2 aromatic carbocycles. The summed E-state index contributed by atoms with van der Waals surface area (Å²) >= 11 is 3.56. The maximum atomic E-state index is 3.73. The van der Waals surface area contributed by atoms with E-state index in [4.69, 9.17) is 0 Å². The summed E-state index contributed by atoms with van der Waals surface area (Å²) in [5.41, 5.74) is 6.57. The molecule has 112 valence electrons. The van der Waals surface area contributed by atoms with Gasteiger partial charge in [0, 0.05) is 10.2 Å². The molecule has 0 saturated heterocycles. The van der Waals surface area contributed by atoms with E-state index in [0.717, 1.165) is 17.3 Å². The summed E-state index contributed by atoms with van der Waals surface area (Å²) in [6.07, 6.45) is 2.16. The van der Waals surface area contributed by atoms with Crippen LogP contribution in [-0.4, -0.2) is 0 Å². The van der Waals surface area contributed by atoms with Crippen LogP contribution in [0, 0.1) is 13.8 Å². The fourth-order valence-electron chi connectivity index (χ4n) is 2.72. The van der Waals surface area contributed by atoms with Crippen molar-refractivity contribution >= 4 is 21.6 Å². The number of benzene rings is 2. The molecule has 0 heterocycles. The molecule has 1 N–H and O–H groups in total. The van der Waals surface area contributed by atoms with E-state index in [0.29, 0.717) is 6.04 Å². The second kappa shape index (κ2) is 7.13. The van der Waals surface area contributed by atoms with Crippen LogP contribution in [0.5, 0.6) is 0 Å². The summed E-state index contributed by atoms with van der Waals surface area (Å²) in [5, 5.41) is 3.73. The predicted octanol–water partition coefficient (Wildman–Crippen LogP) is 6.19. The van der Waals surface area contributed by atoms with Gasteiger partial charge in [0.1, 0.15) is 0 Å². The fraction of sp³-hybridized carbons (Fsp3) is 0.368. The highest BCUT2D eigenvalue weighted by atomic mass is 79.9. The van der Waals surface area contributed by atoms with Crippen molar-refractivity contribution in [2.75, 3.05) is 5.32 Å².